The molecular weight excluding hydrogens is 146 g/mol. The molecule has 0 aliphatic carbocycles. The van der Waals surface area contributed by atoms with Crippen molar-refractivity contribution < 1.29 is 14.6 Å². The van der Waals surface area contributed by atoms with Crippen molar-refractivity contribution in [1.29, 1.82) is 0 Å². The molecule has 0 atom stereocenters. The maximum atomic E-state index is 11.0. The fraction of sp³-hybridized carbons (Fsp3) is 0.857. The van der Waals surface area contributed by atoms with E-state index in [1.54, 1.807) is 0 Å². The van der Waals surface area contributed by atoms with Crippen LogP contribution in [-0.2, 0) is 4.74 Å². The summed E-state index contributed by atoms with van der Waals surface area (Å²) in [7, 11) is 0. The van der Waals surface area contributed by atoms with Crippen LogP contribution in [0.2, 0.25) is 0 Å². The van der Waals surface area contributed by atoms with Gasteiger partial charge >= 0.3 is 6.09 Å². The Bertz CT molecular complexity index is 167. The number of cyclic esters (lactones) is 1. The minimum atomic E-state index is -0.397. The molecule has 0 aromatic heterocycles. The van der Waals surface area contributed by atoms with E-state index in [0.717, 1.165) is 0 Å². The van der Waals surface area contributed by atoms with Gasteiger partial charge in [-0.3, -0.25) is 0 Å². The van der Waals surface area contributed by atoms with Crippen molar-refractivity contribution in [2.24, 2.45) is 0 Å². The van der Waals surface area contributed by atoms with Gasteiger partial charge in [0, 0.05) is 6.54 Å². The number of hydrogen-bond donors (Lipinski definition) is 1. The maximum absolute atomic E-state index is 11.0. The lowest BCUT2D eigenvalue weighted by atomic mass is 10.1. The molecule has 0 saturated carbocycles. The maximum Gasteiger partial charge on any atom is 0.410 e. The Hall–Kier alpha value is -0.770. The predicted octanol–water partition coefficient (Wildman–Crippen LogP) is 0.210. The van der Waals surface area contributed by atoms with E-state index in [-0.39, 0.29) is 12.7 Å². The molecule has 1 N–H and O–H groups in total. The summed E-state index contributed by atoms with van der Waals surface area (Å²) >= 11 is 0. The normalized spacial score (nSPS) is 22.1. The fourth-order valence-electron chi connectivity index (χ4n) is 1.15. The molecule has 0 aromatic carbocycles. The van der Waals surface area contributed by atoms with Crippen LogP contribution in [-0.4, -0.2) is 41.4 Å². The van der Waals surface area contributed by atoms with Crippen LogP contribution in [0.15, 0.2) is 0 Å². The zero-order valence-electron chi connectivity index (χ0n) is 6.83. The van der Waals surface area contributed by atoms with E-state index in [4.69, 9.17) is 9.84 Å². The van der Waals surface area contributed by atoms with Gasteiger partial charge in [0.05, 0.1) is 13.2 Å². The van der Waals surface area contributed by atoms with Gasteiger partial charge in [-0.25, -0.2) is 4.79 Å². The summed E-state index contributed by atoms with van der Waals surface area (Å²) in [6.07, 6.45) is -0.330. The van der Waals surface area contributed by atoms with Crippen molar-refractivity contribution >= 4 is 6.09 Å². The Morgan fingerprint density at radius 3 is 2.73 bits per heavy atom. The highest BCUT2D eigenvalue weighted by molar-refractivity contribution is 5.70. The summed E-state index contributed by atoms with van der Waals surface area (Å²) in [5, 5.41) is 8.57. The molecule has 0 spiro atoms. The summed E-state index contributed by atoms with van der Waals surface area (Å²) in [4.78, 5) is 12.5. The number of nitrogens with zero attached hydrogens (tertiary/aromatic N) is 1. The van der Waals surface area contributed by atoms with Crippen molar-refractivity contribution in [2.45, 2.75) is 19.4 Å². The SMILES string of the molecule is CC1(C)CN(CCO)C(=O)O1. The molecule has 4 heteroatoms. The lowest BCUT2D eigenvalue weighted by Crippen LogP contribution is -2.30. The molecule has 64 valence electrons. The van der Waals surface area contributed by atoms with Crippen molar-refractivity contribution in [1.82, 2.24) is 4.90 Å². The first kappa shape index (κ1) is 8.33. The number of carbonyl (C=O) groups excluding carboxylic acids is 1. The number of hydrogen-bond acceptors (Lipinski definition) is 3. The molecule has 1 heterocycles. The average Bonchev–Trinajstić information content (AvgIpc) is 2.07. The van der Waals surface area contributed by atoms with Crippen LogP contribution >= 0.6 is 0 Å². The van der Waals surface area contributed by atoms with Crippen LogP contribution in [0.5, 0.6) is 0 Å². The Kier molecular flexibility index (Phi) is 2.04. The molecule has 0 bridgehead atoms. The smallest absolute Gasteiger partial charge is 0.410 e. The van der Waals surface area contributed by atoms with E-state index in [9.17, 15) is 4.79 Å². The van der Waals surface area contributed by atoms with E-state index in [1.165, 1.54) is 4.90 Å². The third-order valence-electron chi connectivity index (χ3n) is 1.56. The molecule has 1 amide bonds. The molecule has 0 aromatic rings. The molecule has 1 rings (SSSR count). The largest absolute Gasteiger partial charge is 0.441 e. The van der Waals surface area contributed by atoms with E-state index >= 15 is 0 Å². The number of ether oxygens (including phenoxy) is 1. The minimum absolute atomic E-state index is 0.00875. The fourth-order valence-corrected chi connectivity index (χ4v) is 1.15. The lowest BCUT2D eigenvalue weighted by molar-refractivity contribution is 0.0856. The third kappa shape index (κ3) is 1.83. The number of amides is 1. The molecular formula is C7H13NO3. The van der Waals surface area contributed by atoms with Crippen LogP contribution in [0.25, 0.3) is 0 Å². The molecule has 0 unspecified atom stereocenters. The predicted molar refractivity (Wildman–Crippen MR) is 39.2 cm³/mol. The lowest BCUT2D eigenvalue weighted by Gasteiger charge is -2.14. The van der Waals surface area contributed by atoms with Crippen LogP contribution in [0, 0.1) is 0 Å². The monoisotopic (exact) mass is 159 g/mol. The third-order valence-corrected chi connectivity index (χ3v) is 1.56. The van der Waals surface area contributed by atoms with Gasteiger partial charge in [0.25, 0.3) is 0 Å². The molecule has 1 aliphatic rings. The summed E-state index contributed by atoms with van der Waals surface area (Å²) in [5.41, 5.74) is -0.397. The second kappa shape index (κ2) is 2.70. The zero-order valence-corrected chi connectivity index (χ0v) is 6.83. The van der Waals surface area contributed by atoms with Crippen molar-refractivity contribution in [3.05, 3.63) is 0 Å². The highest BCUT2D eigenvalue weighted by Crippen LogP contribution is 2.20. The highest BCUT2D eigenvalue weighted by atomic mass is 16.6. The first-order valence-corrected chi connectivity index (χ1v) is 3.64. The molecule has 11 heavy (non-hydrogen) atoms. The summed E-state index contributed by atoms with van der Waals surface area (Å²) in [6, 6.07) is 0. The van der Waals surface area contributed by atoms with Gasteiger partial charge in [-0.05, 0) is 13.8 Å². The number of aliphatic hydroxyl groups excluding tert-OH is 1. The Morgan fingerprint density at radius 2 is 2.36 bits per heavy atom. The number of rotatable bonds is 2. The van der Waals surface area contributed by atoms with Gasteiger partial charge in [0.1, 0.15) is 5.60 Å². The van der Waals surface area contributed by atoms with Crippen molar-refractivity contribution in [3.8, 4) is 0 Å². The van der Waals surface area contributed by atoms with Gasteiger partial charge in [-0.1, -0.05) is 0 Å². The molecule has 1 fully saturated rings. The zero-order chi connectivity index (χ0) is 8.48. The van der Waals surface area contributed by atoms with Gasteiger partial charge < -0.3 is 14.7 Å². The van der Waals surface area contributed by atoms with Crippen LogP contribution in [0.3, 0.4) is 0 Å². The molecule has 4 nitrogen and oxygen atoms in total. The Morgan fingerprint density at radius 1 is 1.73 bits per heavy atom. The van der Waals surface area contributed by atoms with Crippen LogP contribution in [0.1, 0.15) is 13.8 Å². The van der Waals surface area contributed by atoms with Gasteiger partial charge in [0.15, 0.2) is 0 Å². The summed E-state index contributed by atoms with van der Waals surface area (Å²) in [5.74, 6) is 0. The second-order valence-electron chi connectivity index (χ2n) is 3.27. The quantitative estimate of drug-likeness (QED) is 0.626. The molecule has 1 aliphatic heterocycles. The number of β-amino-alcohol motifs (C(OH)–C–C–N with tert-alkyl or cyclic N) is 1. The van der Waals surface area contributed by atoms with E-state index in [2.05, 4.69) is 0 Å². The first-order chi connectivity index (χ1) is 5.05. The molecule has 0 radical (unpaired) electrons. The van der Waals surface area contributed by atoms with Crippen molar-refractivity contribution in [2.75, 3.05) is 19.7 Å². The van der Waals surface area contributed by atoms with E-state index < -0.39 is 5.60 Å². The van der Waals surface area contributed by atoms with Gasteiger partial charge in [-0.15, -0.1) is 0 Å². The minimum Gasteiger partial charge on any atom is -0.441 e. The Balaban J connectivity index is 2.52. The Labute approximate surface area is 65.8 Å². The van der Waals surface area contributed by atoms with Gasteiger partial charge in [0.2, 0.25) is 0 Å². The van der Waals surface area contributed by atoms with Crippen molar-refractivity contribution in [3.63, 3.8) is 0 Å². The van der Waals surface area contributed by atoms with Gasteiger partial charge in [-0.2, -0.15) is 0 Å². The van der Waals surface area contributed by atoms with E-state index in [1.807, 2.05) is 13.8 Å². The highest BCUT2D eigenvalue weighted by Gasteiger charge is 2.36. The molecule has 1 saturated heterocycles. The summed E-state index contributed by atoms with van der Waals surface area (Å²) < 4.78 is 4.99. The topological polar surface area (TPSA) is 49.8 Å². The summed E-state index contributed by atoms with van der Waals surface area (Å²) in [6.45, 7) is 4.62. The van der Waals surface area contributed by atoms with E-state index in [0.29, 0.717) is 13.1 Å². The second-order valence-corrected chi connectivity index (χ2v) is 3.27. The standard InChI is InChI=1S/C7H13NO3/c1-7(2)5-8(3-4-9)6(10)11-7/h9H,3-5H2,1-2H3. The first-order valence-electron chi connectivity index (χ1n) is 3.64. The van der Waals surface area contributed by atoms with Crippen LogP contribution < -0.4 is 0 Å². The van der Waals surface area contributed by atoms with Crippen LogP contribution in [0.4, 0.5) is 4.79 Å². The number of aliphatic hydroxyl groups is 1. The average molecular weight is 159 g/mol. The number of carbonyl (C=O) groups is 1.